The Morgan fingerprint density at radius 2 is 1.87 bits per heavy atom. The number of fused-ring (bicyclic) bond motifs is 1. The Hall–Kier alpha value is -3.93. The third kappa shape index (κ3) is 5.64. The molecule has 0 radical (unpaired) electrons. The normalized spacial score (nSPS) is 15.4. The Balaban J connectivity index is 1.80. The third-order valence-corrected chi connectivity index (χ3v) is 7.51. The van der Waals surface area contributed by atoms with Crippen molar-refractivity contribution in [3.05, 3.63) is 90.5 Å². The van der Waals surface area contributed by atoms with Gasteiger partial charge in [-0.2, -0.15) is 13.2 Å². The summed E-state index contributed by atoms with van der Waals surface area (Å²) >= 11 is 0. The maximum Gasteiger partial charge on any atom is 0.416 e. The van der Waals surface area contributed by atoms with Crippen molar-refractivity contribution in [1.82, 2.24) is 5.32 Å². The first-order valence-corrected chi connectivity index (χ1v) is 12.7. The molecule has 1 N–H and O–H groups in total. The van der Waals surface area contributed by atoms with E-state index >= 15 is 0 Å². The third-order valence-electron chi connectivity index (χ3n) is 5.74. The molecule has 3 aromatic carbocycles. The number of nitrogens with zero attached hydrogens (tertiary/aromatic N) is 1. The van der Waals surface area contributed by atoms with E-state index in [1.807, 2.05) is 0 Å². The Morgan fingerprint density at radius 1 is 1.11 bits per heavy atom. The van der Waals surface area contributed by atoms with E-state index in [0.717, 1.165) is 40.7 Å². The number of nitrogens with one attached hydrogen (secondary N) is 1. The van der Waals surface area contributed by atoms with Crippen LogP contribution in [0, 0.1) is 11.6 Å². The lowest BCUT2D eigenvalue weighted by molar-refractivity contribution is -0.137. The molecule has 0 saturated heterocycles. The van der Waals surface area contributed by atoms with Gasteiger partial charge in [-0.3, -0.25) is 9.10 Å². The Labute approximate surface area is 215 Å². The van der Waals surface area contributed by atoms with Crippen LogP contribution in [-0.2, 0) is 21.0 Å². The van der Waals surface area contributed by atoms with Crippen LogP contribution in [0.15, 0.2) is 78.2 Å². The molecule has 0 bridgehead atoms. The molecule has 6 nitrogen and oxygen atoms in total. The van der Waals surface area contributed by atoms with Crippen LogP contribution in [-0.4, -0.2) is 33.5 Å². The fraction of sp³-hybridized carbons (Fsp3) is 0.192. The van der Waals surface area contributed by atoms with Gasteiger partial charge in [0.1, 0.15) is 23.5 Å². The van der Waals surface area contributed by atoms with Crippen molar-refractivity contribution >= 4 is 21.6 Å². The van der Waals surface area contributed by atoms with E-state index in [1.165, 1.54) is 24.3 Å². The molecule has 0 fully saturated rings. The quantitative estimate of drug-likeness (QED) is 0.319. The van der Waals surface area contributed by atoms with E-state index < -0.39 is 50.3 Å². The molecule has 1 atom stereocenters. The number of anilines is 1. The van der Waals surface area contributed by atoms with Crippen molar-refractivity contribution < 1.29 is 39.9 Å². The molecule has 0 saturated carbocycles. The van der Waals surface area contributed by atoms with Crippen LogP contribution in [0.3, 0.4) is 0 Å². The highest BCUT2D eigenvalue weighted by Crippen LogP contribution is 2.41. The van der Waals surface area contributed by atoms with Crippen LogP contribution in [0.25, 0.3) is 11.1 Å². The summed E-state index contributed by atoms with van der Waals surface area (Å²) in [6.45, 7) is 2.97. The standard InChI is InChI=1S/C26H21F5N2O4S/c1-2-4-25(34)32-14-19-15-33(38(35,36)20-6-3-5-17(12-20)26(29,30)31)23-11-16(7-10-24(23)37-19)21-13-18(27)8-9-22(21)28/h2-3,5-13,19H,1,4,14-15H2,(H,32,34)/t19-/m0/s1. The van der Waals surface area contributed by atoms with Crippen molar-refractivity contribution in [3.63, 3.8) is 0 Å². The van der Waals surface area contributed by atoms with Gasteiger partial charge in [0.15, 0.2) is 0 Å². The molecule has 12 heteroatoms. The molecule has 38 heavy (non-hydrogen) atoms. The van der Waals surface area contributed by atoms with Crippen LogP contribution in [0.2, 0.25) is 0 Å². The highest BCUT2D eigenvalue weighted by Gasteiger charge is 2.37. The molecule has 0 aromatic heterocycles. The SMILES string of the molecule is C=CCC(=O)NC[C@H]1CN(S(=O)(=O)c2cccc(C(F)(F)F)c2)c2cc(-c3cc(F)ccc3F)ccc2O1. The molecular weight excluding hydrogens is 531 g/mol. The number of rotatable bonds is 7. The predicted molar refractivity (Wildman–Crippen MR) is 130 cm³/mol. The minimum atomic E-state index is -4.78. The number of hydrogen-bond acceptors (Lipinski definition) is 4. The van der Waals surface area contributed by atoms with Gasteiger partial charge < -0.3 is 10.1 Å². The largest absolute Gasteiger partial charge is 0.484 e. The second-order valence-electron chi connectivity index (χ2n) is 8.41. The maximum absolute atomic E-state index is 14.5. The summed E-state index contributed by atoms with van der Waals surface area (Å²) in [5, 5.41) is 2.58. The first kappa shape index (κ1) is 27.1. The van der Waals surface area contributed by atoms with Gasteiger partial charge in [-0.25, -0.2) is 17.2 Å². The van der Waals surface area contributed by atoms with Crippen LogP contribution in [0.5, 0.6) is 5.75 Å². The molecule has 1 aliphatic rings. The van der Waals surface area contributed by atoms with Gasteiger partial charge >= 0.3 is 6.18 Å². The highest BCUT2D eigenvalue weighted by molar-refractivity contribution is 7.92. The van der Waals surface area contributed by atoms with Crippen molar-refractivity contribution in [1.29, 1.82) is 0 Å². The summed E-state index contributed by atoms with van der Waals surface area (Å²) in [5.41, 5.74) is -1.28. The molecule has 4 rings (SSSR count). The van der Waals surface area contributed by atoms with E-state index in [-0.39, 0.29) is 42.1 Å². The summed E-state index contributed by atoms with van der Waals surface area (Å²) in [7, 11) is -4.60. The Kier molecular flexibility index (Phi) is 7.45. The highest BCUT2D eigenvalue weighted by atomic mass is 32.2. The van der Waals surface area contributed by atoms with E-state index in [9.17, 15) is 35.2 Å². The molecule has 0 unspecified atom stereocenters. The first-order valence-electron chi connectivity index (χ1n) is 11.2. The molecule has 200 valence electrons. The number of carbonyl (C=O) groups excluding carboxylic acids is 1. The smallest absolute Gasteiger partial charge is 0.416 e. The number of carbonyl (C=O) groups is 1. The fourth-order valence-corrected chi connectivity index (χ4v) is 5.47. The lowest BCUT2D eigenvalue weighted by Crippen LogP contribution is -2.48. The average molecular weight is 553 g/mol. The van der Waals surface area contributed by atoms with Crippen molar-refractivity contribution in [2.75, 3.05) is 17.4 Å². The van der Waals surface area contributed by atoms with Crippen LogP contribution >= 0.6 is 0 Å². The van der Waals surface area contributed by atoms with Crippen LogP contribution < -0.4 is 14.4 Å². The molecule has 0 aliphatic carbocycles. The summed E-state index contributed by atoms with van der Waals surface area (Å²) in [5.74, 6) is -1.86. The van der Waals surface area contributed by atoms with Gasteiger partial charge in [0.05, 0.1) is 29.2 Å². The second kappa shape index (κ2) is 10.4. The Bertz CT molecular complexity index is 1490. The number of halogens is 5. The van der Waals surface area contributed by atoms with Gasteiger partial charge in [-0.15, -0.1) is 6.58 Å². The molecule has 0 spiro atoms. The van der Waals surface area contributed by atoms with Crippen LogP contribution in [0.1, 0.15) is 12.0 Å². The molecule has 3 aromatic rings. The summed E-state index contributed by atoms with van der Waals surface area (Å²) in [6.07, 6.45) is -4.30. The summed E-state index contributed by atoms with van der Waals surface area (Å²) in [4.78, 5) is 11.3. The van der Waals surface area contributed by atoms with E-state index in [4.69, 9.17) is 4.74 Å². The van der Waals surface area contributed by atoms with Gasteiger partial charge in [0.2, 0.25) is 5.91 Å². The van der Waals surface area contributed by atoms with E-state index in [2.05, 4.69) is 11.9 Å². The minimum absolute atomic E-state index is 0.0120. The minimum Gasteiger partial charge on any atom is -0.484 e. The van der Waals surface area contributed by atoms with Gasteiger partial charge in [-0.1, -0.05) is 18.2 Å². The maximum atomic E-state index is 14.5. The molecule has 1 aliphatic heterocycles. The zero-order chi connectivity index (χ0) is 27.7. The fourth-order valence-electron chi connectivity index (χ4n) is 3.92. The number of hydrogen-bond donors (Lipinski definition) is 1. The average Bonchev–Trinajstić information content (AvgIpc) is 2.88. The van der Waals surface area contributed by atoms with E-state index in [1.54, 1.807) is 0 Å². The number of alkyl halides is 3. The zero-order valence-electron chi connectivity index (χ0n) is 19.6. The van der Waals surface area contributed by atoms with Gasteiger partial charge in [0.25, 0.3) is 10.0 Å². The van der Waals surface area contributed by atoms with Crippen molar-refractivity contribution in [2.45, 2.75) is 23.6 Å². The Morgan fingerprint density at radius 3 is 2.58 bits per heavy atom. The molecule has 1 amide bonds. The number of amides is 1. The van der Waals surface area contributed by atoms with Gasteiger partial charge in [0, 0.05) is 12.0 Å². The number of ether oxygens (including phenoxy) is 1. The van der Waals surface area contributed by atoms with Crippen LogP contribution in [0.4, 0.5) is 27.6 Å². The predicted octanol–water partition coefficient (Wildman–Crippen LogP) is 5.30. The summed E-state index contributed by atoms with van der Waals surface area (Å²) < 4.78 is 102. The molecular formula is C26H21F5N2O4S. The lowest BCUT2D eigenvalue weighted by Gasteiger charge is -2.36. The van der Waals surface area contributed by atoms with Gasteiger partial charge in [-0.05, 0) is 54.1 Å². The van der Waals surface area contributed by atoms with E-state index in [0.29, 0.717) is 6.07 Å². The molecule has 1 heterocycles. The number of sulfonamides is 1. The second-order valence-corrected chi connectivity index (χ2v) is 10.3. The summed E-state index contributed by atoms with van der Waals surface area (Å²) in [6, 6.07) is 10.0. The number of benzene rings is 3. The monoisotopic (exact) mass is 552 g/mol. The zero-order valence-corrected chi connectivity index (χ0v) is 20.5. The van der Waals surface area contributed by atoms with Crippen molar-refractivity contribution in [2.24, 2.45) is 0 Å². The first-order chi connectivity index (χ1) is 17.9. The topological polar surface area (TPSA) is 75.7 Å². The lowest BCUT2D eigenvalue weighted by atomic mass is 10.0. The van der Waals surface area contributed by atoms with Crippen molar-refractivity contribution in [3.8, 4) is 16.9 Å².